The van der Waals surface area contributed by atoms with Gasteiger partial charge in [0.25, 0.3) is 0 Å². The first-order valence-corrected chi connectivity index (χ1v) is 7.66. The molecule has 0 aromatic heterocycles. The van der Waals surface area contributed by atoms with Gasteiger partial charge in [0.1, 0.15) is 0 Å². The summed E-state index contributed by atoms with van der Waals surface area (Å²) in [5.74, 6) is 0. The summed E-state index contributed by atoms with van der Waals surface area (Å²) in [6.45, 7) is 0. The predicted octanol–water partition coefficient (Wildman–Crippen LogP) is -1.10. The van der Waals surface area contributed by atoms with E-state index in [1.807, 2.05) is 0 Å². The van der Waals surface area contributed by atoms with E-state index >= 15 is 0 Å². The Morgan fingerprint density at radius 2 is 0.933 bits per heavy atom. The molecule has 0 aliphatic rings. The number of hydrogen-bond donors (Lipinski definition) is 6. The third-order valence-corrected chi connectivity index (χ3v) is 8.57. The van der Waals surface area contributed by atoms with Crippen LogP contribution in [-0.4, -0.2) is 34.1 Å². The Balaban J connectivity index is 6.29. The monoisotopic (exact) mass is 285 g/mol. The quantitative estimate of drug-likeness (QED) is 0.271. The lowest BCUT2D eigenvalue weighted by Gasteiger charge is -2.27. The van der Waals surface area contributed by atoms with E-state index in [1.165, 1.54) is 5.18 Å². The lowest BCUT2D eigenvalue weighted by atomic mass is 11.4. The molecule has 0 saturated heterocycles. The lowest BCUT2D eigenvalue weighted by Crippen LogP contribution is -2.26. The number of rotatable bonds is 4. The van der Waals surface area contributed by atoms with Crippen LogP contribution in [0, 0.1) is 4.91 Å². The summed E-state index contributed by atoms with van der Waals surface area (Å²) < 4.78 is 27.2. The fourth-order valence-electron chi connectivity index (χ4n) is 0.669. The maximum Gasteiger partial charge on any atom is 0.398 e. The zero-order valence-electron chi connectivity index (χ0n) is 6.61. The molecule has 0 radical (unpaired) electrons. The van der Waals surface area contributed by atoms with Gasteiger partial charge in [0.05, 0.1) is 0 Å². The van der Waals surface area contributed by atoms with Crippen LogP contribution in [0.15, 0.2) is 5.18 Å². The summed E-state index contributed by atoms with van der Waals surface area (Å²) >= 11 is 0. The van der Waals surface area contributed by atoms with E-state index in [-0.39, 0.29) is 0 Å². The van der Waals surface area contributed by atoms with Crippen molar-refractivity contribution in [3.05, 3.63) is 4.91 Å². The summed E-state index contributed by atoms with van der Waals surface area (Å²) in [6.07, 6.45) is 0. The molecule has 0 aromatic carbocycles. The molecular weight excluding hydrogens is 279 g/mol. The molecule has 90 valence electrons. The van der Waals surface area contributed by atoms with Crippen molar-refractivity contribution < 1.29 is 43.1 Å². The molecule has 0 amide bonds. The second-order valence-corrected chi connectivity index (χ2v) is 8.59. The average molecular weight is 285 g/mol. The van der Waals surface area contributed by atoms with E-state index in [2.05, 4.69) is 0 Å². The van der Waals surface area contributed by atoms with Crippen LogP contribution in [-0.2, 0) is 13.7 Å². The largest absolute Gasteiger partial charge is 0.398 e. The molecule has 0 atom stereocenters. The van der Waals surface area contributed by atoms with Gasteiger partial charge in [-0.3, -0.25) is 13.7 Å². The Kier molecular flexibility index (Phi) is 3.83. The van der Waals surface area contributed by atoms with E-state index in [4.69, 9.17) is 29.4 Å². The van der Waals surface area contributed by atoms with Crippen LogP contribution in [0.2, 0.25) is 0 Å². The zero-order valence-corrected chi connectivity index (χ0v) is 9.29. The first-order valence-electron chi connectivity index (χ1n) is 2.82. The number of nitrogens with zero attached hydrogens (tertiary/aromatic N) is 1. The molecule has 0 aliphatic heterocycles. The van der Waals surface area contributed by atoms with E-state index < -0.39 is 27.5 Å². The number of nitroso groups, excluding NO2 is 1. The van der Waals surface area contributed by atoms with Gasteiger partial charge < -0.3 is 29.4 Å². The number of hydrogen-bond acceptors (Lipinski definition) is 5. The molecule has 6 N–H and O–H groups in total. The Bertz CT molecular complexity index is 338. The van der Waals surface area contributed by atoms with Gasteiger partial charge in [0.15, 0.2) is 0 Å². The molecule has 0 aromatic rings. The van der Waals surface area contributed by atoms with Gasteiger partial charge >= 0.3 is 27.5 Å². The topological polar surface area (TPSA) is 202 Å². The molecular formula is CH6NO10P3. The van der Waals surface area contributed by atoms with Crippen molar-refractivity contribution in [3.63, 3.8) is 0 Å². The van der Waals surface area contributed by atoms with Crippen molar-refractivity contribution >= 4 is 22.8 Å². The lowest BCUT2D eigenvalue weighted by molar-refractivity contribution is 0.302. The van der Waals surface area contributed by atoms with E-state index in [1.54, 1.807) is 0 Å². The maximum absolute atomic E-state index is 10.6. The van der Waals surface area contributed by atoms with Gasteiger partial charge in [-0.2, -0.15) is 0 Å². The molecule has 0 unspecified atom stereocenters. The van der Waals surface area contributed by atoms with E-state index in [0.717, 1.165) is 0 Å². The summed E-state index contributed by atoms with van der Waals surface area (Å²) in [4.78, 5) is 60.6. The van der Waals surface area contributed by atoms with Gasteiger partial charge in [0, 0.05) is 0 Å². The van der Waals surface area contributed by atoms with E-state index in [9.17, 15) is 18.6 Å². The van der Waals surface area contributed by atoms with Crippen molar-refractivity contribution in [2.45, 2.75) is 4.76 Å². The normalized spacial score (nSPS) is 15.1. The van der Waals surface area contributed by atoms with Crippen LogP contribution < -0.4 is 0 Å². The molecule has 0 fully saturated rings. The van der Waals surface area contributed by atoms with Crippen LogP contribution in [0.25, 0.3) is 0 Å². The van der Waals surface area contributed by atoms with Gasteiger partial charge in [-0.25, -0.2) is 0 Å². The molecule has 15 heavy (non-hydrogen) atoms. The molecule has 0 bridgehead atoms. The highest BCUT2D eigenvalue weighted by Gasteiger charge is 2.74. The average Bonchev–Trinajstić information content (AvgIpc) is 1.76. The van der Waals surface area contributed by atoms with Crippen LogP contribution in [0.1, 0.15) is 0 Å². The summed E-state index contributed by atoms with van der Waals surface area (Å²) in [6, 6.07) is 0. The minimum absolute atomic E-state index is 1.29. The van der Waals surface area contributed by atoms with Crippen molar-refractivity contribution in [2.75, 3.05) is 0 Å². The van der Waals surface area contributed by atoms with Crippen molar-refractivity contribution in [1.29, 1.82) is 0 Å². The first-order chi connectivity index (χ1) is 6.31. The van der Waals surface area contributed by atoms with Crippen molar-refractivity contribution in [1.82, 2.24) is 0 Å². The first kappa shape index (κ1) is 15.0. The molecule has 0 aliphatic carbocycles. The van der Waals surface area contributed by atoms with Crippen LogP contribution in [0.3, 0.4) is 0 Å². The van der Waals surface area contributed by atoms with Gasteiger partial charge in [-0.15, -0.1) is 4.91 Å². The van der Waals surface area contributed by atoms with Crippen LogP contribution in [0.4, 0.5) is 0 Å². The highest BCUT2D eigenvalue weighted by atomic mass is 31.3. The Morgan fingerprint density at radius 3 is 0.933 bits per heavy atom. The SMILES string of the molecule is O=NC(P(=O)(O)O)(P(=O)(O)O)P(=O)(O)O. The highest BCUT2D eigenvalue weighted by Crippen LogP contribution is 2.83. The minimum Gasteiger partial charge on any atom is -0.322 e. The summed E-state index contributed by atoms with van der Waals surface area (Å²) in [5.41, 5.74) is 0. The minimum atomic E-state index is -6.16. The van der Waals surface area contributed by atoms with Gasteiger partial charge in [-0.05, 0) is 5.18 Å². The highest BCUT2D eigenvalue weighted by molar-refractivity contribution is 7.88. The maximum atomic E-state index is 10.6. The molecule has 11 nitrogen and oxygen atoms in total. The molecule has 0 rings (SSSR count). The van der Waals surface area contributed by atoms with Gasteiger partial charge in [-0.1, -0.05) is 0 Å². The van der Waals surface area contributed by atoms with Crippen LogP contribution >= 0.6 is 22.8 Å². The molecule has 14 heteroatoms. The molecule has 0 saturated carbocycles. The fourth-order valence-corrected chi connectivity index (χ4v) is 5.06. The second-order valence-electron chi connectivity index (χ2n) is 2.32. The molecule has 0 spiro atoms. The summed E-state index contributed by atoms with van der Waals surface area (Å²) in [7, 11) is -18.5. The predicted molar refractivity (Wildman–Crippen MR) is 44.7 cm³/mol. The summed E-state index contributed by atoms with van der Waals surface area (Å²) in [5, 5.41) is 1.29. The van der Waals surface area contributed by atoms with Gasteiger partial charge in [0.2, 0.25) is 0 Å². The molecule has 0 heterocycles. The third kappa shape index (κ3) is 2.26. The van der Waals surface area contributed by atoms with Crippen molar-refractivity contribution in [3.8, 4) is 0 Å². The zero-order chi connectivity index (χ0) is 12.7. The third-order valence-electron chi connectivity index (χ3n) is 1.29. The Morgan fingerprint density at radius 1 is 0.733 bits per heavy atom. The second kappa shape index (κ2) is 3.81. The smallest absolute Gasteiger partial charge is 0.322 e. The van der Waals surface area contributed by atoms with E-state index in [0.29, 0.717) is 0 Å². The van der Waals surface area contributed by atoms with Crippen molar-refractivity contribution in [2.24, 2.45) is 5.18 Å². The van der Waals surface area contributed by atoms with Crippen LogP contribution in [0.5, 0.6) is 0 Å². The standard InChI is InChI=1S/CH6NO10P3/c3-2-1(13(4,5)6,14(7,8)9)15(10,11)12/h(H2,4,5,6)(H2,7,8,9)(H2,10,11,12). The Labute approximate surface area is 81.6 Å². The fraction of sp³-hybridized carbons (Fsp3) is 1.00. The Hall–Kier alpha value is 0.0500.